The van der Waals surface area contributed by atoms with E-state index in [-0.39, 0.29) is 11.5 Å². The van der Waals surface area contributed by atoms with Gasteiger partial charge in [-0.05, 0) is 24.6 Å². The molecule has 0 spiro atoms. The number of rotatable bonds is 6. The third-order valence-corrected chi connectivity index (χ3v) is 5.12. The van der Waals surface area contributed by atoms with E-state index in [9.17, 15) is 13.2 Å². The van der Waals surface area contributed by atoms with Gasteiger partial charge in [0.15, 0.2) is 11.5 Å². The summed E-state index contributed by atoms with van der Waals surface area (Å²) in [5.74, 6) is 0.0665. The molecule has 1 aliphatic rings. The largest absolute Gasteiger partial charge is 0.486 e. The number of ether oxygens (including phenoxy) is 3. The van der Waals surface area contributed by atoms with Crippen LogP contribution in [-0.2, 0) is 26.2 Å². The molecule has 1 aliphatic heterocycles. The molecular formula is C18H19NO6S. The van der Waals surface area contributed by atoms with Crippen LogP contribution in [-0.4, -0.2) is 33.6 Å². The van der Waals surface area contributed by atoms with Gasteiger partial charge in [0, 0.05) is 6.07 Å². The van der Waals surface area contributed by atoms with Crippen molar-refractivity contribution in [3.8, 4) is 11.5 Å². The lowest BCUT2D eigenvalue weighted by molar-refractivity contribution is -0.130. The van der Waals surface area contributed by atoms with Gasteiger partial charge in [-0.15, -0.1) is 0 Å². The summed E-state index contributed by atoms with van der Waals surface area (Å²) in [6, 6.07) is 13.5. The maximum absolute atomic E-state index is 12.4. The molecule has 0 aliphatic carbocycles. The number of amides is 1. The summed E-state index contributed by atoms with van der Waals surface area (Å²) in [4.78, 5) is 12.1. The van der Waals surface area contributed by atoms with Crippen LogP contribution in [0.25, 0.3) is 0 Å². The van der Waals surface area contributed by atoms with Gasteiger partial charge in [-0.3, -0.25) is 4.79 Å². The maximum atomic E-state index is 12.4. The van der Waals surface area contributed by atoms with E-state index in [1.165, 1.54) is 25.1 Å². The first-order valence-corrected chi connectivity index (χ1v) is 9.56. The summed E-state index contributed by atoms with van der Waals surface area (Å²) < 4.78 is 43.0. The molecule has 2 aromatic rings. The Morgan fingerprint density at radius 2 is 1.81 bits per heavy atom. The van der Waals surface area contributed by atoms with Crippen LogP contribution in [0.4, 0.5) is 0 Å². The Balaban J connectivity index is 1.63. The average Bonchev–Trinajstić information content (AvgIpc) is 2.66. The van der Waals surface area contributed by atoms with E-state index >= 15 is 0 Å². The molecule has 1 heterocycles. The van der Waals surface area contributed by atoms with Gasteiger partial charge in [-0.1, -0.05) is 30.3 Å². The Morgan fingerprint density at radius 3 is 2.54 bits per heavy atom. The second-order valence-electron chi connectivity index (χ2n) is 5.71. The second-order valence-corrected chi connectivity index (χ2v) is 7.40. The SMILES string of the molecule is CC(OCc1ccccc1)C(=O)NS(=O)(=O)c1ccc2c(c1)OCCO2. The van der Waals surface area contributed by atoms with Crippen molar-refractivity contribution in [1.82, 2.24) is 4.72 Å². The molecule has 0 saturated carbocycles. The van der Waals surface area contributed by atoms with Crippen LogP contribution in [0.3, 0.4) is 0 Å². The lowest BCUT2D eigenvalue weighted by atomic mass is 10.2. The fourth-order valence-corrected chi connectivity index (χ4v) is 3.39. The fraction of sp³-hybridized carbons (Fsp3) is 0.278. The Bertz CT molecular complexity index is 882. The van der Waals surface area contributed by atoms with E-state index in [1.807, 2.05) is 35.1 Å². The zero-order valence-electron chi connectivity index (χ0n) is 14.2. The summed E-state index contributed by atoms with van der Waals surface area (Å²) >= 11 is 0. The molecule has 138 valence electrons. The van der Waals surface area contributed by atoms with E-state index < -0.39 is 22.0 Å². The first-order chi connectivity index (χ1) is 12.5. The van der Waals surface area contributed by atoms with Crippen LogP contribution < -0.4 is 14.2 Å². The molecule has 7 nitrogen and oxygen atoms in total. The zero-order valence-corrected chi connectivity index (χ0v) is 15.0. The lowest BCUT2D eigenvalue weighted by Crippen LogP contribution is -2.38. The molecule has 8 heteroatoms. The standard InChI is InChI=1S/C18H19NO6S/c1-13(25-12-14-5-3-2-4-6-14)18(20)19-26(21,22)15-7-8-16-17(11-15)24-10-9-23-16/h2-8,11,13H,9-10,12H2,1H3,(H,19,20). The highest BCUT2D eigenvalue weighted by Gasteiger charge is 2.24. The van der Waals surface area contributed by atoms with Gasteiger partial charge in [0.1, 0.15) is 19.3 Å². The van der Waals surface area contributed by atoms with Gasteiger partial charge in [-0.25, -0.2) is 13.1 Å². The number of nitrogens with one attached hydrogen (secondary N) is 1. The van der Waals surface area contributed by atoms with Crippen LogP contribution in [0, 0.1) is 0 Å². The van der Waals surface area contributed by atoms with E-state index in [1.54, 1.807) is 0 Å². The van der Waals surface area contributed by atoms with Crippen LogP contribution in [0.15, 0.2) is 53.4 Å². The molecule has 1 amide bonds. The number of fused-ring (bicyclic) bond motifs is 1. The number of hydrogen-bond donors (Lipinski definition) is 1. The molecule has 0 bridgehead atoms. The molecule has 1 atom stereocenters. The van der Waals surface area contributed by atoms with Crippen molar-refractivity contribution < 1.29 is 27.4 Å². The Morgan fingerprint density at radius 1 is 1.12 bits per heavy atom. The Hall–Kier alpha value is -2.58. The van der Waals surface area contributed by atoms with Crippen molar-refractivity contribution in [1.29, 1.82) is 0 Å². The van der Waals surface area contributed by atoms with Gasteiger partial charge >= 0.3 is 0 Å². The van der Waals surface area contributed by atoms with Crippen molar-refractivity contribution in [3.63, 3.8) is 0 Å². The topological polar surface area (TPSA) is 90.9 Å². The fourth-order valence-electron chi connectivity index (χ4n) is 2.34. The number of benzene rings is 2. The summed E-state index contributed by atoms with van der Waals surface area (Å²) in [6.07, 6.45) is -0.929. The average molecular weight is 377 g/mol. The van der Waals surface area contributed by atoms with E-state index in [0.29, 0.717) is 24.7 Å². The Labute approximate surface area is 151 Å². The summed E-state index contributed by atoms with van der Waals surface area (Å²) in [5.41, 5.74) is 0.891. The van der Waals surface area contributed by atoms with Crippen molar-refractivity contribution >= 4 is 15.9 Å². The molecule has 2 aromatic carbocycles. The molecule has 3 rings (SSSR count). The van der Waals surface area contributed by atoms with Crippen LogP contribution in [0.5, 0.6) is 11.5 Å². The monoisotopic (exact) mass is 377 g/mol. The van der Waals surface area contributed by atoms with E-state index in [2.05, 4.69) is 0 Å². The van der Waals surface area contributed by atoms with Crippen molar-refractivity contribution in [2.45, 2.75) is 24.5 Å². The third-order valence-electron chi connectivity index (χ3n) is 3.77. The summed E-state index contributed by atoms with van der Waals surface area (Å²) in [6.45, 7) is 2.45. The lowest BCUT2D eigenvalue weighted by Gasteiger charge is -2.19. The van der Waals surface area contributed by atoms with E-state index in [4.69, 9.17) is 14.2 Å². The second kappa shape index (κ2) is 7.76. The highest BCUT2D eigenvalue weighted by atomic mass is 32.2. The molecule has 0 saturated heterocycles. The van der Waals surface area contributed by atoms with Gasteiger partial charge in [0.25, 0.3) is 15.9 Å². The van der Waals surface area contributed by atoms with Crippen LogP contribution >= 0.6 is 0 Å². The van der Waals surface area contributed by atoms with Gasteiger partial charge in [0.05, 0.1) is 11.5 Å². The third kappa shape index (κ3) is 4.33. The van der Waals surface area contributed by atoms with Gasteiger partial charge in [0.2, 0.25) is 0 Å². The number of hydrogen-bond acceptors (Lipinski definition) is 6. The van der Waals surface area contributed by atoms with Crippen molar-refractivity contribution in [3.05, 3.63) is 54.1 Å². The summed E-state index contributed by atoms with van der Waals surface area (Å²) in [7, 11) is -4.04. The highest BCUT2D eigenvalue weighted by Crippen LogP contribution is 2.32. The normalized spacial score (nSPS) is 14.5. The Kier molecular flexibility index (Phi) is 5.43. The quantitative estimate of drug-likeness (QED) is 0.826. The van der Waals surface area contributed by atoms with Crippen molar-refractivity contribution in [2.24, 2.45) is 0 Å². The van der Waals surface area contributed by atoms with Gasteiger partial charge in [-0.2, -0.15) is 0 Å². The molecule has 1 N–H and O–H groups in total. The summed E-state index contributed by atoms with van der Waals surface area (Å²) in [5, 5.41) is 0. The number of carbonyl (C=O) groups excluding carboxylic acids is 1. The predicted octanol–water partition coefficient (Wildman–Crippen LogP) is 1.87. The van der Waals surface area contributed by atoms with Crippen LogP contribution in [0.1, 0.15) is 12.5 Å². The molecule has 0 radical (unpaired) electrons. The maximum Gasteiger partial charge on any atom is 0.264 e. The minimum absolute atomic E-state index is 0.0784. The van der Waals surface area contributed by atoms with Gasteiger partial charge < -0.3 is 14.2 Å². The molecule has 0 fully saturated rings. The number of carbonyl (C=O) groups is 1. The molecule has 26 heavy (non-hydrogen) atoms. The first-order valence-electron chi connectivity index (χ1n) is 8.07. The highest BCUT2D eigenvalue weighted by molar-refractivity contribution is 7.90. The van der Waals surface area contributed by atoms with E-state index in [0.717, 1.165) is 5.56 Å². The smallest absolute Gasteiger partial charge is 0.264 e. The molecule has 0 aromatic heterocycles. The minimum Gasteiger partial charge on any atom is -0.486 e. The van der Waals surface area contributed by atoms with Crippen molar-refractivity contribution in [2.75, 3.05) is 13.2 Å². The molecule has 1 unspecified atom stereocenters. The molecular weight excluding hydrogens is 358 g/mol. The minimum atomic E-state index is -4.04. The van der Waals surface area contributed by atoms with Crippen LogP contribution in [0.2, 0.25) is 0 Å². The zero-order chi connectivity index (χ0) is 18.6. The predicted molar refractivity (Wildman–Crippen MR) is 93.5 cm³/mol. The number of sulfonamides is 1. The first kappa shape index (κ1) is 18.2.